The van der Waals surface area contributed by atoms with Crippen molar-refractivity contribution in [1.29, 1.82) is 0 Å². The maximum absolute atomic E-state index is 5.16. The van der Waals surface area contributed by atoms with Crippen molar-refractivity contribution in [2.75, 3.05) is 0 Å². The van der Waals surface area contributed by atoms with Crippen LogP contribution in [0.5, 0.6) is 0 Å². The van der Waals surface area contributed by atoms with Gasteiger partial charge in [-0.05, 0) is 73.8 Å². The molecular weight excluding hydrogens is 681 g/mol. The van der Waals surface area contributed by atoms with Crippen molar-refractivity contribution >= 4 is 21.8 Å². The second kappa shape index (κ2) is 11.8. The van der Waals surface area contributed by atoms with Crippen molar-refractivity contribution in [3.63, 3.8) is 0 Å². The highest BCUT2D eigenvalue weighted by atomic mass is 15.2. The van der Waals surface area contributed by atoms with Crippen LogP contribution in [0, 0.1) is 0 Å². The van der Waals surface area contributed by atoms with E-state index in [2.05, 4.69) is 162 Å². The number of hydrogen-bond acceptors (Lipinski definition) is 3. The van der Waals surface area contributed by atoms with Gasteiger partial charge in [0, 0.05) is 21.9 Å². The summed E-state index contributed by atoms with van der Waals surface area (Å²) in [6.45, 7) is 0. The average Bonchev–Trinajstić information content (AvgIpc) is 3.88. The zero-order valence-electron chi connectivity index (χ0n) is 30.3. The molecule has 0 fully saturated rings. The Kier molecular flexibility index (Phi) is 6.52. The highest BCUT2D eigenvalue weighted by Crippen LogP contribution is 2.63. The molecule has 2 aliphatic rings. The Hall–Kier alpha value is -7.43. The van der Waals surface area contributed by atoms with Gasteiger partial charge in [0.2, 0.25) is 5.95 Å². The normalized spacial score (nSPS) is 13.1. The number of para-hydroxylation sites is 1. The molecule has 0 atom stereocenters. The van der Waals surface area contributed by atoms with E-state index in [1.807, 2.05) is 36.4 Å². The summed E-state index contributed by atoms with van der Waals surface area (Å²) in [7, 11) is 0. The SMILES string of the molecule is c1ccc(-c2nc(-c3ccccc3)nc(-n3c4ccccc4c4ccc(-c5ccc6c(c5)-c5ccccc5C65c6ccccc6-c6ccccc65)cc43)n2)cc1. The van der Waals surface area contributed by atoms with E-state index < -0.39 is 0 Å². The summed E-state index contributed by atoms with van der Waals surface area (Å²) in [6.07, 6.45) is 0. The van der Waals surface area contributed by atoms with E-state index in [-0.39, 0.29) is 5.41 Å². The monoisotopic (exact) mass is 712 g/mol. The molecule has 0 saturated heterocycles. The van der Waals surface area contributed by atoms with Gasteiger partial charge in [0.25, 0.3) is 0 Å². The van der Waals surface area contributed by atoms with Crippen LogP contribution in [0.15, 0.2) is 194 Å². The van der Waals surface area contributed by atoms with Crippen LogP contribution in [0.3, 0.4) is 0 Å². The first-order valence-electron chi connectivity index (χ1n) is 19.1. The van der Waals surface area contributed by atoms with Gasteiger partial charge in [-0.2, -0.15) is 9.97 Å². The van der Waals surface area contributed by atoms with Gasteiger partial charge in [-0.3, -0.25) is 4.57 Å². The standard InChI is InChI=1S/C52H32N4/c1-3-15-33(16-4-1)49-53-50(34-17-5-2-6-18-34)55-51(54-49)56-47-26-14-10-22-40(47)41-29-27-36(32-48(41)56)35-28-30-46-42(31-35)39-21-9-13-25-45(39)52(46)43-23-11-7-19-37(43)38-20-8-12-24-44(38)52/h1-32H. The zero-order chi connectivity index (χ0) is 36.8. The molecule has 0 saturated carbocycles. The second-order valence-corrected chi connectivity index (χ2v) is 14.7. The van der Waals surface area contributed by atoms with Crippen LogP contribution in [0.2, 0.25) is 0 Å². The molecule has 2 aliphatic carbocycles. The molecule has 2 heterocycles. The summed E-state index contributed by atoms with van der Waals surface area (Å²) in [5.74, 6) is 1.86. The Morgan fingerprint density at radius 2 is 0.786 bits per heavy atom. The van der Waals surface area contributed by atoms with Gasteiger partial charge in [-0.15, -0.1) is 0 Å². The molecule has 0 N–H and O–H groups in total. The van der Waals surface area contributed by atoms with Crippen LogP contribution in [0.1, 0.15) is 22.3 Å². The molecule has 0 amide bonds. The van der Waals surface area contributed by atoms with Crippen LogP contribution >= 0.6 is 0 Å². The molecule has 2 aromatic heterocycles. The van der Waals surface area contributed by atoms with Crippen molar-refractivity contribution in [3.8, 4) is 62.1 Å². The Labute approximate surface area is 324 Å². The topological polar surface area (TPSA) is 43.6 Å². The minimum absolute atomic E-state index is 0.361. The molecule has 0 radical (unpaired) electrons. The summed E-state index contributed by atoms with van der Waals surface area (Å²) >= 11 is 0. The van der Waals surface area contributed by atoms with E-state index in [4.69, 9.17) is 15.0 Å². The van der Waals surface area contributed by atoms with Gasteiger partial charge in [-0.1, -0.05) is 176 Å². The molecule has 4 heteroatoms. The summed E-state index contributed by atoms with van der Waals surface area (Å²) < 4.78 is 2.21. The molecule has 10 aromatic rings. The van der Waals surface area contributed by atoms with Crippen LogP contribution in [-0.4, -0.2) is 19.5 Å². The van der Waals surface area contributed by atoms with E-state index in [0.29, 0.717) is 17.6 Å². The minimum atomic E-state index is -0.361. The van der Waals surface area contributed by atoms with Crippen molar-refractivity contribution < 1.29 is 0 Å². The fourth-order valence-electron chi connectivity index (χ4n) is 9.54. The predicted molar refractivity (Wildman–Crippen MR) is 227 cm³/mol. The van der Waals surface area contributed by atoms with Crippen LogP contribution in [0.25, 0.3) is 83.9 Å². The summed E-state index contributed by atoms with van der Waals surface area (Å²) in [4.78, 5) is 15.3. The lowest BCUT2D eigenvalue weighted by Crippen LogP contribution is -2.25. The lowest BCUT2D eigenvalue weighted by Gasteiger charge is -2.30. The van der Waals surface area contributed by atoms with Gasteiger partial charge in [-0.25, -0.2) is 4.98 Å². The number of aromatic nitrogens is 4. The van der Waals surface area contributed by atoms with Gasteiger partial charge in [0.05, 0.1) is 16.4 Å². The molecule has 0 bridgehead atoms. The molecule has 0 unspecified atom stereocenters. The molecule has 260 valence electrons. The van der Waals surface area contributed by atoms with E-state index >= 15 is 0 Å². The Bertz CT molecular complexity index is 3090. The summed E-state index contributed by atoms with van der Waals surface area (Å²) in [5.41, 5.74) is 16.5. The number of nitrogens with zero attached hydrogens (tertiary/aromatic N) is 4. The van der Waals surface area contributed by atoms with Gasteiger partial charge < -0.3 is 0 Å². The summed E-state index contributed by atoms with van der Waals surface area (Å²) in [5, 5.41) is 2.30. The number of rotatable bonds is 4. The molecule has 1 spiro atoms. The van der Waals surface area contributed by atoms with Gasteiger partial charge >= 0.3 is 0 Å². The second-order valence-electron chi connectivity index (χ2n) is 14.7. The van der Waals surface area contributed by atoms with Crippen LogP contribution in [0.4, 0.5) is 0 Å². The predicted octanol–water partition coefficient (Wildman–Crippen LogP) is 12.3. The zero-order valence-corrected chi connectivity index (χ0v) is 30.3. The molecule has 0 aliphatic heterocycles. The lowest BCUT2D eigenvalue weighted by atomic mass is 9.70. The van der Waals surface area contributed by atoms with Crippen molar-refractivity contribution in [2.45, 2.75) is 5.41 Å². The Balaban J connectivity index is 1.08. The average molecular weight is 713 g/mol. The molecular formula is C52H32N4. The third-order valence-corrected chi connectivity index (χ3v) is 11.9. The molecule has 8 aromatic carbocycles. The number of hydrogen-bond donors (Lipinski definition) is 0. The lowest BCUT2D eigenvalue weighted by molar-refractivity contribution is 0.794. The minimum Gasteiger partial charge on any atom is -0.278 e. The fraction of sp³-hybridized carbons (Fsp3) is 0.0192. The van der Waals surface area contributed by atoms with Crippen molar-refractivity contribution in [2.24, 2.45) is 0 Å². The molecule has 56 heavy (non-hydrogen) atoms. The first kappa shape index (κ1) is 31.0. The first-order valence-corrected chi connectivity index (χ1v) is 19.1. The largest absolute Gasteiger partial charge is 0.278 e. The van der Waals surface area contributed by atoms with E-state index in [1.54, 1.807) is 0 Å². The highest BCUT2D eigenvalue weighted by Gasteiger charge is 2.51. The van der Waals surface area contributed by atoms with Crippen molar-refractivity contribution in [3.05, 3.63) is 216 Å². The van der Waals surface area contributed by atoms with E-state index in [9.17, 15) is 0 Å². The number of fused-ring (bicyclic) bond motifs is 13. The van der Waals surface area contributed by atoms with Crippen LogP contribution < -0.4 is 0 Å². The van der Waals surface area contributed by atoms with E-state index in [1.165, 1.54) is 50.1 Å². The number of benzene rings is 8. The fourth-order valence-corrected chi connectivity index (χ4v) is 9.54. The Morgan fingerprint density at radius 3 is 1.41 bits per heavy atom. The van der Waals surface area contributed by atoms with E-state index in [0.717, 1.165) is 38.5 Å². The third kappa shape index (κ3) is 4.27. The van der Waals surface area contributed by atoms with Crippen LogP contribution in [-0.2, 0) is 5.41 Å². The van der Waals surface area contributed by atoms with Gasteiger partial charge in [0.15, 0.2) is 11.6 Å². The maximum Gasteiger partial charge on any atom is 0.238 e. The molecule has 12 rings (SSSR count). The van der Waals surface area contributed by atoms with Gasteiger partial charge in [0.1, 0.15) is 0 Å². The highest BCUT2D eigenvalue weighted by molar-refractivity contribution is 6.10. The van der Waals surface area contributed by atoms with Crippen molar-refractivity contribution in [1.82, 2.24) is 19.5 Å². The smallest absolute Gasteiger partial charge is 0.238 e. The molecule has 4 nitrogen and oxygen atoms in total. The quantitative estimate of drug-likeness (QED) is 0.182. The Morgan fingerprint density at radius 1 is 0.321 bits per heavy atom. The summed E-state index contributed by atoms with van der Waals surface area (Å²) in [6, 6.07) is 69.7. The third-order valence-electron chi connectivity index (χ3n) is 11.9. The first-order chi connectivity index (χ1) is 27.8. The maximum atomic E-state index is 5.16.